The van der Waals surface area contributed by atoms with Crippen molar-refractivity contribution in [2.45, 2.75) is 51.4 Å². The van der Waals surface area contributed by atoms with Crippen LogP contribution in [0.2, 0.25) is 0 Å². The van der Waals surface area contributed by atoms with Gasteiger partial charge in [-0.1, -0.05) is 30.9 Å². The zero-order valence-corrected chi connectivity index (χ0v) is 12.9. The van der Waals surface area contributed by atoms with E-state index < -0.39 is 0 Å². The minimum atomic E-state index is 0.922. The lowest BCUT2D eigenvalue weighted by Crippen LogP contribution is -2.36. The summed E-state index contributed by atoms with van der Waals surface area (Å²) in [5.74, 6) is 0. The summed E-state index contributed by atoms with van der Waals surface area (Å²) >= 11 is 0. The van der Waals surface area contributed by atoms with Crippen LogP contribution in [0.4, 0.5) is 0 Å². The molecule has 116 valence electrons. The quantitative estimate of drug-likeness (QED) is 0.503. The second kappa shape index (κ2) is 10.4. The Morgan fingerprint density at radius 2 is 1.60 bits per heavy atom. The van der Waals surface area contributed by atoms with Gasteiger partial charge in [0.1, 0.15) is 0 Å². The van der Waals surface area contributed by atoms with Crippen molar-refractivity contribution in [2.24, 2.45) is 0 Å². The highest BCUT2D eigenvalue weighted by molar-refractivity contribution is 5.03. The first-order valence-electron chi connectivity index (χ1n) is 8.51. The van der Waals surface area contributed by atoms with Crippen molar-refractivity contribution >= 4 is 0 Å². The second-order valence-corrected chi connectivity index (χ2v) is 5.99. The van der Waals surface area contributed by atoms with Crippen LogP contribution >= 0.6 is 0 Å². The van der Waals surface area contributed by atoms with Crippen LogP contribution in [-0.4, -0.2) is 51.0 Å². The van der Waals surface area contributed by atoms with Crippen molar-refractivity contribution in [3.63, 3.8) is 0 Å². The van der Waals surface area contributed by atoms with Gasteiger partial charge in [0, 0.05) is 13.1 Å². The molecule has 0 unspecified atom stereocenters. The van der Waals surface area contributed by atoms with Crippen LogP contribution in [0.5, 0.6) is 0 Å². The van der Waals surface area contributed by atoms with Crippen molar-refractivity contribution in [3.05, 3.63) is 11.6 Å². The molecule has 0 aromatic heterocycles. The van der Waals surface area contributed by atoms with E-state index in [9.17, 15) is 0 Å². The number of rotatable bonds is 8. The van der Waals surface area contributed by atoms with Crippen LogP contribution in [0.15, 0.2) is 11.6 Å². The van der Waals surface area contributed by atoms with E-state index in [1.165, 1.54) is 45.1 Å². The first-order valence-corrected chi connectivity index (χ1v) is 8.51. The minimum Gasteiger partial charge on any atom is -0.381 e. The molecule has 0 atom stereocenters. The largest absolute Gasteiger partial charge is 0.381 e. The molecule has 3 nitrogen and oxygen atoms in total. The highest BCUT2D eigenvalue weighted by atomic mass is 16.5. The SMILES string of the molecule is C1=C(CCCCCCCN2CCOCC2)CCOCC1. The van der Waals surface area contributed by atoms with Gasteiger partial charge in [-0.2, -0.15) is 0 Å². The van der Waals surface area contributed by atoms with Crippen molar-refractivity contribution in [1.82, 2.24) is 4.90 Å². The lowest BCUT2D eigenvalue weighted by Gasteiger charge is -2.26. The van der Waals surface area contributed by atoms with Gasteiger partial charge >= 0.3 is 0 Å². The molecule has 0 saturated carbocycles. The maximum absolute atomic E-state index is 5.48. The average molecular weight is 281 g/mol. The van der Waals surface area contributed by atoms with E-state index in [4.69, 9.17) is 9.47 Å². The molecule has 2 aliphatic rings. The smallest absolute Gasteiger partial charge is 0.0594 e. The Balaban J connectivity index is 1.40. The maximum atomic E-state index is 5.48. The van der Waals surface area contributed by atoms with Gasteiger partial charge in [0.25, 0.3) is 0 Å². The Morgan fingerprint density at radius 3 is 2.50 bits per heavy atom. The summed E-state index contributed by atoms with van der Waals surface area (Å²) in [6.45, 7) is 7.26. The third-order valence-electron chi connectivity index (χ3n) is 4.34. The van der Waals surface area contributed by atoms with E-state index in [1.807, 2.05) is 0 Å². The topological polar surface area (TPSA) is 21.7 Å². The van der Waals surface area contributed by atoms with Crippen LogP contribution in [0.1, 0.15) is 51.4 Å². The summed E-state index contributed by atoms with van der Waals surface area (Å²) in [5.41, 5.74) is 1.64. The van der Waals surface area contributed by atoms with Crippen LogP contribution in [0.3, 0.4) is 0 Å². The van der Waals surface area contributed by atoms with Crippen LogP contribution in [0, 0.1) is 0 Å². The lowest BCUT2D eigenvalue weighted by atomic mass is 10.0. The molecule has 0 aromatic rings. The molecule has 0 aliphatic carbocycles. The van der Waals surface area contributed by atoms with Crippen molar-refractivity contribution in [2.75, 3.05) is 46.1 Å². The summed E-state index contributed by atoms with van der Waals surface area (Å²) < 4.78 is 10.8. The minimum absolute atomic E-state index is 0.922. The highest BCUT2D eigenvalue weighted by Gasteiger charge is 2.09. The number of morpholine rings is 1. The molecule has 0 bridgehead atoms. The molecule has 2 heterocycles. The molecular formula is C17H31NO2. The third-order valence-corrected chi connectivity index (χ3v) is 4.34. The molecule has 2 rings (SSSR count). The molecule has 1 fully saturated rings. The lowest BCUT2D eigenvalue weighted by molar-refractivity contribution is 0.0371. The molecule has 3 heteroatoms. The summed E-state index contributed by atoms with van der Waals surface area (Å²) in [6.07, 6.45) is 12.9. The van der Waals surface area contributed by atoms with E-state index >= 15 is 0 Å². The van der Waals surface area contributed by atoms with Gasteiger partial charge in [-0.25, -0.2) is 0 Å². The summed E-state index contributed by atoms with van der Waals surface area (Å²) in [6, 6.07) is 0. The molecule has 1 saturated heterocycles. The van der Waals surface area contributed by atoms with Crippen molar-refractivity contribution < 1.29 is 9.47 Å². The molecular weight excluding hydrogens is 250 g/mol. The zero-order valence-electron chi connectivity index (χ0n) is 12.9. The molecule has 0 N–H and O–H groups in total. The third kappa shape index (κ3) is 6.87. The first kappa shape index (κ1) is 16.0. The van der Waals surface area contributed by atoms with Crippen molar-refractivity contribution in [3.8, 4) is 0 Å². The van der Waals surface area contributed by atoms with E-state index in [1.54, 1.807) is 5.57 Å². The van der Waals surface area contributed by atoms with Crippen LogP contribution < -0.4 is 0 Å². The summed E-state index contributed by atoms with van der Waals surface area (Å²) in [7, 11) is 0. The Labute approximate surface area is 124 Å². The fourth-order valence-corrected chi connectivity index (χ4v) is 3.02. The van der Waals surface area contributed by atoms with Gasteiger partial charge in [-0.15, -0.1) is 0 Å². The predicted molar refractivity (Wildman–Crippen MR) is 83.1 cm³/mol. The van der Waals surface area contributed by atoms with E-state index in [2.05, 4.69) is 11.0 Å². The predicted octanol–water partition coefficient (Wildman–Crippen LogP) is 3.40. The average Bonchev–Trinajstić information content (AvgIpc) is 2.76. The van der Waals surface area contributed by atoms with Gasteiger partial charge < -0.3 is 9.47 Å². The summed E-state index contributed by atoms with van der Waals surface area (Å²) in [4.78, 5) is 2.54. The number of unbranched alkanes of at least 4 members (excludes halogenated alkanes) is 4. The van der Waals surface area contributed by atoms with Gasteiger partial charge in [-0.3, -0.25) is 4.90 Å². The number of nitrogens with zero attached hydrogens (tertiary/aromatic N) is 1. The van der Waals surface area contributed by atoms with Gasteiger partial charge in [0.05, 0.1) is 26.4 Å². The molecule has 0 spiro atoms. The van der Waals surface area contributed by atoms with Crippen molar-refractivity contribution in [1.29, 1.82) is 0 Å². The number of ether oxygens (including phenoxy) is 2. The monoisotopic (exact) mass is 281 g/mol. The fourth-order valence-electron chi connectivity index (χ4n) is 3.02. The zero-order chi connectivity index (χ0) is 13.9. The maximum Gasteiger partial charge on any atom is 0.0594 e. The number of hydrogen-bond donors (Lipinski definition) is 0. The van der Waals surface area contributed by atoms with E-state index in [0.29, 0.717) is 0 Å². The standard InChI is InChI=1S/C17H31NO2/c1(3-5-10-18-11-15-20-16-12-18)2-4-7-17-8-6-13-19-14-9-17/h8H,1-7,9-16H2. The number of hydrogen-bond acceptors (Lipinski definition) is 3. The van der Waals surface area contributed by atoms with E-state index in [-0.39, 0.29) is 0 Å². The van der Waals surface area contributed by atoms with Crippen LogP contribution in [0.25, 0.3) is 0 Å². The molecule has 0 radical (unpaired) electrons. The molecule has 2 aliphatic heterocycles. The molecule has 20 heavy (non-hydrogen) atoms. The van der Waals surface area contributed by atoms with E-state index in [0.717, 1.165) is 52.4 Å². The second-order valence-electron chi connectivity index (χ2n) is 5.99. The first-order chi connectivity index (χ1) is 9.95. The molecule has 0 aromatic carbocycles. The Hall–Kier alpha value is -0.380. The fraction of sp³-hybridized carbons (Fsp3) is 0.882. The van der Waals surface area contributed by atoms with Crippen LogP contribution in [-0.2, 0) is 9.47 Å². The van der Waals surface area contributed by atoms with Gasteiger partial charge in [0.15, 0.2) is 0 Å². The van der Waals surface area contributed by atoms with Gasteiger partial charge in [-0.05, 0) is 38.6 Å². The Morgan fingerprint density at radius 1 is 0.850 bits per heavy atom. The van der Waals surface area contributed by atoms with Gasteiger partial charge in [0.2, 0.25) is 0 Å². The molecule has 0 amide bonds. The highest BCUT2D eigenvalue weighted by Crippen LogP contribution is 2.17. The summed E-state index contributed by atoms with van der Waals surface area (Å²) in [5, 5.41) is 0. The Bertz CT molecular complexity index is 272. The Kier molecular flexibility index (Phi) is 8.29. The normalized spacial score (nSPS) is 21.5.